The largest absolute Gasteiger partial charge is 0.351 e. The molecule has 0 aromatic heterocycles. The molecule has 0 unspecified atom stereocenters. The molecule has 126 valence electrons. The van der Waals surface area contributed by atoms with E-state index in [1.807, 2.05) is 30.3 Å². The maximum atomic E-state index is 12.4. The maximum Gasteiger partial charge on any atom is 0.277 e. The van der Waals surface area contributed by atoms with Crippen molar-refractivity contribution in [3.63, 3.8) is 0 Å². The lowest BCUT2D eigenvalue weighted by molar-refractivity contribution is -0.384. The van der Waals surface area contributed by atoms with E-state index in [4.69, 9.17) is 0 Å². The average molecular weight is 337 g/mol. The molecule has 2 aromatic rings. The summed E-state index contributed by atoms with van der Waals surface area (Å²) in [5.41, 5.74) is 1.66. The third kappa shape index (κ3) is 3.72. The van der Waals surface area contributed by atoms with Crippen molar-refractivity contribution in [3.05, 3.63) is 82.0 Å². The molecule has 0 radical (unpaired) electrons. The number of nitro benzene ring substituents is 1. The van der Waals surface area contributed by atoms with Gasteiger partial charge >= 0.3 is 0 Å². The first-order valence-corrected chi connectivity index (χ1v) is 7.67. The van der Waals surface area contributed by atoms with Crippen LogP contribution in [0.1, 0.15) is 5.56 Å². The highest BCUT2D eigenvalue weighted by molar-refractivity contribution is 6.17. The number of carbonyl (C=O) groups is 2. The molecular weight excluding hydrogens is 322 g/mol. The molecule has 2 amide bonds. The standard InChI is InChI=1S/C18H15N3O4/c22-17-12-16(19-14-6-8-15(9-7-14)21(24)25)18(23)20(17)11-10-13-4-2-1-3-5-13/h1-9,12,19H,10-11H2. The molecule has 0 saturated heterocycles. The molecule has 0 bridgehead atoms. The molecule has 1 aliphatic heterocycles. The van der Waals surface area contributed by atoms with E-state index in [0.29, 0.717) is 18.7 Å². The van der Waals surface area contributed by atoms with Gasteiger partial charge in [-0.25, -0.2) is 0 Å². The van der Waals surface area contributed by atoms with Gasteiger partial charge in [0.2, 0.25) is 0 Å². The molecule has 0 aliphatic carbocycles. The number of nitrogens with one attached hydrogen (secondary N) is 1. The minimum atomic E-state index is -0.501. The van der Waals surface area contributed by atoms with Gasteiger partial charge in [0.15, 0.2) is 0 Å². The summed E-state index contributed by atoms with van der Waals surface area (Å²) in [6, 6.07) is 15.2. The van der Waals surface area contributed by atoms with Gasteiger partial charge in [-0.2, -0.15) is 0 Å². The number of benzene rings is 2. The number of anilines is 1. The minimum Gasteiger partial charge on any atom is -0.351 e. The highest BCUT2D eigenvalue weighted by atomic mass is 16.6. The van der Waals surface area contributed by atoms with Crippen LogP contribution < -0.4 is 5.32 Å². The van der Waals surface area contributed by atoms with Gasteiger partial charge in [0, 0.05) is 30.4 Å². The van der Waals surface area contributed by atoms with E-state index in [1.165, 1.54) is 35.2 Å². The molecule has 7 nitrogen and oxygen atoms in total. The average Bonchev–Trinajstić information content (AvgIpc) is 2.88. The van der Waals surface area contributed by atoms with E-state index in [9.17, 15) is 19.7 Å². The molecule has 0 atom stereocenters. The third-order valence-corrected chi connectivity index (χ3v) is 3.83. The van der Waals surface area contributed by atoms with Crippen molar-refractivity contribution in [2.24, 2.45) is 0 Å². The van der Waals surface area contributed by atoms with Gasteiger partial charge in [-0.1, -0.05) is 30.3 Å². The van der Waals surface area contributed by atoms with Crippen molar-refractivity contribution >= 4 is 23.2 Å². The van der Waals surface area contributed by atoms with Crippen LogP contribution in [-0.2, 0) is 16.0 Å². The first-order valence-electron chi connectivity index (χ1n) is 7.67. The lowest BCUT2D eigenvalue weighted by Crippen LogP contribution is -2.33. The summed E-state index contributed by atoms with van der Waals surface area (Å²) >= 11 is 0. The smallest absolute Gasteiger partial charge is 0.277 e. The Morgan fingerprint density at radius 3 is 2.32 bits per heavy atom. The zero-order valence-electron chi connectivity index (χ0n) is 13.2. The zero-order valence-corrected chi connectivity index (χ0v) is 13.2. The van der Waals surface area contributed by atoms with Gasteiger partial charge in [-0.3, -0.25) is 24.6 Å². The topological polar surface area (TPSA) is 92.5 Å². The Morgan fingerprint density at radius 1 is 1.00 bits per heavy atom. The summed E-state index contributed by atoms with van der Waals surface area (Å²) in [7, 11) is 0. The van der Waals surface area contributed by atoms with Crippen LogP contribution in [0, 0.1) is 10.1 Å². The number of nitro groups is 1. The molecule has 0 spiro atoms. The molecule has 1 aliphatic rings. The molecule has 1 heterocycles. The first-order chi connectivity index (χ1) is 12.0. The molecule has 3 rings (SSSR count). The Balaban J connectivity index is 1.64. The number of amides is 2. The highest BCUT2D eigenvalue weighted by Crippen LogP contribution is 2.20. The summed E-state index contributed by atoms with van der Waals surface area (Å²) in [4.78, 5) is 35.8. The fourth-order valence-corrected chi connectivity index (χ4v) is 2.52. The predicted molar refractivity (Wildman–Crippen MR) is 91.7 cm³/mol. The van der Waals surface area contributed by atoms with Gasteiger partial charge < -0.3 is 5.32 Å². The van der Waals surface area contributed by atoms with Crippen molar-refractivity contribution in [1.29, 1.82) is 0 Å². The molecule has 2 aromatic carbocycles. The maximum absolute atomic E-state index is 12.4. The Kier molecular flexibility index (Phi) is 4.56. The van der Waals surface area contributed by atoms with Crippen LogP contribution in [0.5, 0.6) is 0 Å². The van der Waals surface area contributed by atoms with Gasteiger partial charge in [-0.15, -0.1) is 0 Å². The Bertz CT molecular complexity index is 844. The number of nitrogens with zero attached hydrogens (tertiary/aromatic N) is 2. The third-order valence-electron chi connectivity index (χ3n) is 3.83. The number of non-ortho nitro benzene ring substituents is 1. The summed E-state index contributed by atoms with van der Waals surface area (Å²) in [5, 5.41) is 13.5. The monoisotopic (exact) mass is 337 g/mol. The molecule has 0 fully saturated rings. The number of hydrogen-bond donors (Lipinski definition) is 1. The molecule has 1 N–H and O–H groups in total. The van der Waals surface area contributed by atoms with E-state index >= 15 is 0 Å². The van der Waals surface area contributed by atoms with Gasteiger partial charge in [0.1, 0.15) is 5.70 Å². The Morgan fingerprint density at radius 2 is 1.68 bits per heavy atom. The second-order valence-electron chi connectivity index (χ2n) is 5.52. The predicted octanol–water partition coefficient (Wildman–Crippen LogP) is 2.50. The molecule has 0 saturated carbocycles. The summed E-state index contributed by atoms with van der Waals surface area (Å²) in [6.45, 7) is 0.295. The fourth-order valence-electron chi connectivity index (χ4n) is 2.52. The van der Waals surface area contributed by atoms with Crippen molar-refractivity contribution < 1.29 is 14.5 Å². The second kappa shape index (κ2) is 6.96. The Labute approximate surface area is 143 Å². The van der Waals surface area contributed by atoms with Crippen molar-refractivity contribution in [2.45, 2.75) is 6.42 Å². The van der Waals surface area contributed by atoms with Crippen LogP contribution in [0.2, 0.25) is 0 Å². The van der Waals surface area contributed by atoms with E-state index in [1.54, 1.807) is 0 Å². The number of imide groups is 1. The molecule has 25 heavy (non-hydrogen) atoms. The van der Waals surface area contributed by atoms with Crippen LogP contribution >= 0.6 is 0 Å². The minimum absolute atomic E-state index is 0.0437. The van der Waals surface area contributed by atoms with Gasteiger partial charge in [0.05, 0.1) is 4.92 Å². The van der Waals surface area contributed by atoms with Crippen LogP contribution in [0.4, 0.5) is 11.4 Å². The quantitative estimate of drug-likeness (QED) is 0.497. The first kappa shape index (κ1) is 16.4. The molecule has 7 heteroatoms. The number of rotatable bonds is 6. The van der Waals surface area contributed by atoms with Crippen LogP contribution in [0.15, 0.2) is 66.4 Å². The lowest BCUT2D eigenvalue weighted by atomic mass is 10.1. The van der Waals surface area contributed by atoms with Crippen molar-refractivity contribution in [3.8, 4) is 0 Å². The highest BCUT2D eigenvalue weighted by Gasteiger charge is 2.30. The molecular formula is C18H15N3O4. The lowest BCUT2D eigenvalue weighted by Gasteiger charge is -2.15. The van der Waals surface area contributed by atoms with Crippen LogP contribution in [-0.4, -0.2) is 28.2 Å². The van der Waals surface area contributed by atoms with E-state index in [2.05, 4.69) is 5.32 Å². The summed E-state index contributed by atoms with van der Waals surface area (Å²) in [5.74, 6) is -0.773. The normalized spacial score (nSPS) is 13.8. The van der Waals surface area contributed by atoms with E-state index < -0.39 is 10.8 Å². The van der Waals surface area contributed by atoms with E-state index in [0.717, 1.165) is 5.56 Å². The summed E-state index contributed by atoms with van der Waals surface area (Å²) < 4.78 is 0. The van der Waals surface area contributed by atoms with E-state index in [-0.39, 0.29) is 17.3 Å². The van der Waals surface area contributed by atoms with Crippen molar-refractivity contribution in [1.82, 2.24) is 4.90 Å². The number of hydrogen-bond acceptors (Lipinski definition) is 5. The number of carbonyl (C=O) groups excluding carboxylic acids is 2. The van der Waals surface area contributed by atoms with Crippen molar-refractivity contribution in [2.75, 3.05) is 11.9 Å². The fraction of sp³-hybridized carbons (Fsp3) is 0.111. The second-order valence-corrected chi connectivity index (χ2v) is 5.52. The van der Waals surface area contributed by atoms with Gasteiger partial charge in [-0.05, 0) is 24.1 Å². The summed E-state index contributed by atoms with van der Waals surface area (Å²) in [6.07, 6.45) is 1.83. The zero-order chi connectivity index (χ0) is 17.8. The Hall–Kier alpha value is -3.48. The van der Waals surface area contributed by atoms with Crippen LogP contribution in [0.25, 0.3) is 0 Å². The van der Waals surface area contributed by atoms with Gasteiger partial charge in [0.25, 0.3) is 17.5 Å². The SMILES string of the molecule is O=C1C=C(Nc2ccc([N+](=O)[O-])cc2)C(=O)N1CCc1ccccc1. The van der Waals surface area contributed by atoms with Crippen LogP contribution in [0.3, 0.4) is 0 Å².